The monoisotopic (exact) mass is 276 g/mol. The van der Waals surface area contributed by atoms with Crippen LogP contribution in [0.2, 0.25) is 0 Å². The Morgan fingerprint density at radius 2 is 2.26 bits per heavy atom. The van der Waals surface area contributed by atoms with Crippen molar-refractivity contribution < 1.29 is 9.84 Å². The third kappa shape index (κ3) is 1.74. The molecule has 0 saturated heterocycles. The van der Waals surface area contributed by atoms with Gasteiger partial charge in [0.1, 0.15) is 16.6 Å². The number of nitrogens with one attached hydrogen (secondary N) is 1. The zero-order chi connectivity index (χ0) is 13.8. The highest BCUT2D eigenvalue weighted by Gasteiger charge is 2.31. The van der Waals surface area contributed by atoms with E-state index in [2.05, 4.69) is 4.98 Å². The van der Waals surface area contributed by atoms with E-state index in [1.807, 2.05) is 13.8 Å². The number of aromatic amines is 1. The molecule has 2 N–H and O–H groups in total. The predicted molar refractivity (Wildman–Crippen MR) is 71.4 cm³/mol. The van der Waals surface area contributed by atoms with Crippen molar-refractivity contribution in [2.75, 3.05) is 0 Å². The highest BCUT2D eigenvalue weighted by Crippen LogP contribution is 2.41. The molecule has 0 aromatic carbocycles. The first-order chi connectivity index (χ1) is 8.93. The van der Waals surface area contributed by atoms with Gasteiger partial charge in [0.05, 0.1) is 17.6 Å². The summed E-state index contributed by atoms with van der Waals surface area (Å²) in [6, 6.07) is 1.75. The second kappa shape index (κ2) is 3.83. The molecule has 3 heterocycles. The lowest BCUT2D eigenvalue weighted by molar-refractivity contribution is -0.0379. The number of nitrogens with zero attached hydrogens (tertiary/aromatic N) is 1. The number of hydrogen-bond acceptors (Lipinski definition) is 5. The molecular weight excluding hydrogens is 264 g/mol. The smallest absolute Gasteiger partial charge is 0.270 e. The van der Waals surface area contributed by atoms with Gasteiger partial charge in [-0.2, -0.15) is 5.26 Å². The molecule has 0 saturated carbocycles. The van der Waals surface area contributed by atoms with E-state index in [-0.39, 0.29) is 16.9 Å². The molecule has 1 aliphatic rings. The van der Waals surface area contributed by atoms with Gasteiger partial charge in [-0.05, 0) is 19.4 Å². The number of rotatable bonds is 0. The number of nitriles is 1. The first-order valence-corrected chi connectivity index (χ1v) is 6.68. The third-order valence-electron chi connectivity index (χ3n) is 3.33. The Labute approximate surface area is 113 Å². The number of hydrogen-bond donors (Lipinski definition) is 2. The Morgan fingerprint density at radius 1 is 1.53 bits per heavy atom. The van der Waals surface area contributed by atoms with Crippen LogP contribution in [0.5, 0.6) is 5.75 Å². The van der Waals surface area contributed by atoms with Crippen molar-refractivity contribution in [3.8, 4) is 11.8 Å². The maximum atomic E-state index is 11.7. The summed E-state index contributed by atoms with van der Waals surface area (Å²) in [6.45, 7) is 4.42. The number of fused-ring (bicyclic) bond motifs is 3. The van der Waals surface area contributed by atoms with Gasteiger partial charge in [-0.3, -0.25) is 4.79 Å². The van der Waals surface area contributed by atoms with Crippen LogP contribution in [0.25, 0.3) is 10.2 Å². The summed E-state index contributed by atoms with van der Waals surface area (Å²) in [5, 5.41) is 19.7. The molecule has 3 rings (SSSR count). The van der Waals surface area contributed by atoms with Crippen LogP contribution in [0.15, 0.2) is 4.79 Å². The normalized spacial score (nSPS) is 17.1. The maximum absolute atomic E-state index is 11.7. The van der Waals surface area contributed by atoms with E-state index < -0.39 is 5.56 Å². The van der Waals surface area contributed by atoms with Gasteiger partial charge < -0.3 is 14.8 Å². The molecule has 19 heavy (non-hydrogen) atoms. The second-order valence-corrected chi connectivity index (χ2v) is 6.33. The van der Waals surface area contributed by atoms with Crippen molar-refractivity contribution in [2.24, 2.45) is 0 Å². The molecule has 5 nitrogen and oxygen atoms in total. The summed E-state index contributed by atoms with van der Waals surface area (Å²) in [5.74, 6) is -0.212. The fourth-order valence-electron chi connectivity index (χ4n) is 2.39. The summed E-state index contributed by atoms with van der Waals surface area (Å²) >= 11 is 1.40. The van der Waals surface area contributed by atoms with Crippen LogP contribution < -0.4 is 5.56 Å². The average molecular weight is 276 g/mol. The minimum absolute atomic E-state index is 0.212. The molecular formula is C13H12N2O3S. The first kappa shape index (κ1) is 12.2. The maximum Gasteiger partial charge on any atom is 0.270 e. The number of aromatic nitrogens is 1. The van der Waals surface area contributed by atoms with Gasteiger partial charge in [-0.25, -0.2) is 0 Å². The van der Waals surface area contributed by atoms with E-state index in [0.29, 0.717) is 23.2 Å². The van der Waals surface area contributed by atoms with Gasteiger partial charge in [-0.1, -0.05) is 0 Å². The fourth-order valence-corrected chi connectivity index (χ4v) is 3.52. The molecule has 0 fully saturated rings. The number of H-pyrrole nitrogens is 1. The molecule has 0 amide bonds. The Hall–Kier alpha value is -1.84. The molecule has 2 aromatic rings. The van der Waals surface area contributed by atoms with E-state index in [4.69, 9.17) is 10.00 Å². The van der Waals surface area contributed by atoms with Crippen LogP contribution in [-0.4, -0.2) is 15.7 Å². The highest BCUT2D eigenvalue weighted by atomic mass is 32.1. The van der Waals surface area contributed by atoms with E-state index in [1.54, 1.807) is 6.07 Å². The standard InChI is InChI=1S/C13H12N2O3S/c1-13(2)3-6-8(5-18-13)19-12-9(6)10(16)7(4-14)11(17)15-12/h3,5H2,1-2H3,(H2,15,16,17). The molecule has 0 bridgehead atoms. The van der Waals surface area contributed by atoms with Gasteiger partial charge in [-0.15, -0.1) is 11.3 Å². The van der Waals surface area contributed by atoms with Crippen LogP contribution in [-0.2, 0) is 17.8 Å². The number of thiophene rings is 1. The van der Waals surface area contributed by atoms with Crippen molar-refractivity contribution in [1.29, 1.82) is 5.26 Å². The summed E-state index contributed by atoms with van der Waals surface area (Å²) in [5.41, 5.74) is -0.110. The highest BCUT2D eigenvalue weighted by molar-refractivity contribution is 7.18. The molecule has 0 unspecified atom stereocenters. The third-order valence-corrected chi connectivity index (χ3v) is 4.45. The van der Waals surface area contributed by atoms with Gasteiger partial charge in [0.25, 0.3) is 5.56 Å². The Bertz CT molecular complexity index is 780. The molecule has 98 valence electrons. The van der Waals surface area contributed by atoms with Crippen LogP contribution in [0, 0.1) is 11.3 Å². The zero-order valence-electron chi connectivity index (χ0n) is 10.5. The summed E-state index contributed by atoms with van der Waals surface area (Å²) in [7, 11) is 0. The van der Waals surface area contributed by atoms with Crippen LogP contribution in [0.3, 0.4) is 0 Å². The summed E-state index contributed by atoms with van der Waals surface area (Å²) in [6.07, 6.45) is 0.646. The first-order valence-electron chi connectivity index (χ1n) is 5.86. The van der Waals surface area contributed by atoms with Crippen molar-refractivity contribution in [3.05, 3.63) is 26.4 Å². The molecule has 0 aliphatic carbocycles. The lowest BCUT2D eigenvalue weighted by atomic mass is 9.93. The van der Waals surface area contributed by atoms with Crippen LogP contribution in [0.4, 0.5) is 0 Å². The lowest BCUT2D eigenvalue weighted by Crippen LogP contribution is -2.31. The molecule has 1 aliphatic heterocycles. The summed E-state index contributed by atoms with van der Waals surface area (Å²) in [4.78, 5) is 15.9. The fraction of sp³-hybridized carbons (Fsp3) is 0.385. The molecule has 0 spiro atoms. The largest absolute Gasteiger partial charge is 0.506 e. The summed E-state index contributed by atoms with van der Waals surface area (Å²) < 4.78 is 5.72. The molecule has 0 radical (unpaired) electrons. The van der Waals surface area contributed by atoms with E-state index >= 15 is 0 Å². The van der Waals surface area contributed by atoms with E-state index in [9.17, 15) is 9.90 Å². The van der Waals surface area contributed by atoms with Crippen molar-refractivity contribution in [3.63, 3.8) is 0 Å². The van der Waals surface area contributed by atoms with Gasteiger partial charge in [0.2, 0.25) is 0 Å². The molecule has 6 heteroatoms. The SMILES string of the molecule is CC1(C)Cc2c(sc3[nH]c(=O)c(C#N)c(O)c23)CO1. The average Bonchev–Trinajstić information content (AvgIpc) is 2.65. The van der Waals surface area contributed by atoms with Crippen LogP contribution >= 0.6 is 11.3 Å². The van der Waals surface area contributed by atoms with E-state index in [0.717, 1.165) is 10.4 Å². The van der Waals surface area contributed by atoms with Gasteiger partial charge >= 0.3 is 0 Å². The van der Waals surface area contributed by atoms with Gasteiger partial charge in [0.15, 0.2) is 5.56 Å². The second-order valence-electron chi connectivity index (χ2n) is 5.22. The minimum Gasteiger partial charge on any atom is -0.506 e. The topological polar surface area (TPSA) is 86.1 Å². The number of pyridine rings is 1. The number of aromatic hydroxyl groups is 1. The Kier molecular flexibility index (Phi) is 2.46. The quantitative estimate of drug-likeness (QED) is 0.770. The minimum atomic E-state index is -0.550. The molecule has 2 aromatic heterocycles. The lowest BCUT2D eigenvalue weighted by Gasteiger charge is -2.30. The van der Waals surface area contributed by atoms with Crippen molar-refractivity contribution >= 4 is 21.6 Å². The Balaban J connectivity index is 2.38. The van der Waals surface area contributed by atoms with Crippen molar-refractivity contribution in [2.45, 2.75) is 32.5 Å². The molecule has 0 atom stereocenters. The van der Waals surface area contributed by atoms with Gasteiger partial charge in [0, 0.05) is 11.3 Å². The number of ether oxygens (including phenoxy) is 1. The Morgan fingerprint density at radius 3 is 2.95 bits per heavy atom. The predicted octanol–water partition coefficient (Wildman–Crippen LogP) is 2.02. The van der Waals surface area contributed by atoms with E-state index in [1.165, 1.54) is 11.3 Å². The van der Waals surface area contributed by atoms with Crippen LogP contribution in [0.1, 0.15) is 29.9 Å². The zero-order valence-corrected chi connectivity index (χ0v) is 11.3. The van der Waals surface area contributed by atoms with Crippen molar-refractivity contribution in [1.82, 2.24) is 4.98 Å².